The Kier molecular flexibility index (Phi) is 7.40. The maximum atomic E-state index is 14.3. The topological polar surface area (TPSA) is 117 Å². The van der Waals surface area contributed by atoms with Crippen LogP contribution < -0.4 is 16.8 Å². The molecule has 2 aromatic carbocycles. The van der Waals surface area contributed by atoms with Crippen molar-refractivity contribution < 1.29 is 9.18 Å². The van der Waals surface area contributed by atoms with E-state index in [0.717, 1.165) is 24.0 Å². The van der Waals surface area contributed by atoms with Gasteiger partial charge in [-0.05, 0) is 35.6 Å². The van der Waals surface area contributed by atoms with Crippen LogP contribution in [0.1, 0.15) is 35.1 Å². The standard InChI is InChI=1S/C25H26FN5O/c1-16(29)20-8-9-21(23(26)12-20)15-31-25(32)22(13-28)24(19-6-7-19)30-14-18-4-2-17(3-5-18)10-11-27/h2-5,8-9,12-13,19H,1,6-7,10,14-15,28-29H2,(H,31,32)/b22-13+,30-24?. The Morgan fingerprint density at radius 1 is 1.25 bits per heavy atom. The first-order valence-electron chi connectivity index (χ1n) is 10.4. The fraction of sp³-hybridized carbons (Fsp3) is 0.240. The van der Waals surface area contributed by atoms with Crippen molar-refractivity contribution in [2.45, 2.75) is 32.4 Å². The largest absolute Gasteiger partial charge is 0.404 e. The van der Waals surface area contributed by atoms with Gasteiger partial charge >= 0.3 is 0 Å². The van der Waals surface area contributed by atoms with E-state index in [1.54, 1.807) is 12.1 Å². The highest BCUT2D eigenvalue weighted by Crippen LogP contribution is 2.33. The van der Waals surface area contributed by atoms with E-state index in [9.17, 15) is 9.18 Å². The van der Waals surface area contributed by atoms with Gasteiger partial charge in [0, 0.05) is 29.9 Å². The molecule has 1 amide bonds. The molecule has 0 radical (unpaired) electrons. The number of benzene rings is 2. The van der Waals surface area contributed by atoms with Crippen LogP contribution in [0.3, 0.4) is 0 Å². The average Bonchev–Trinajstić information content (AvgIpc) is 3.62. The number of amides is 1. The van der Waals surface area contributed by atoms with E-state index in [1.165, 1.54) is 12.3 Å². The fourth-order valence-corrected chi connectivity index (χ4v) is 3.26. The minimum absolute atomic E-state index is 0.0115. The van der Waals surface area contributed by atoms with E-state index in [-0.39, 0.29) is 18.2 Å². The molecule has 0 heterocycles. The molecule has 0 aromatic heterocycles. The van der Waals surface area contributed by atoms with Gasteiger partial charge in [-0.15, -0.1) is 0 Å². The monoisotopic (exact) mass is 431 g/mol. The number of nitrogens with two attached hydrogens (primary N) is 2. The number of nitriles is 1. The van der Waals surface area contributed by atoms with Crippen LogP contribution in [0.25, 0.3) is 5.70 Å². The first-order valence-corrected chi connectivity index (χ1v) is 10.4. The molecule has 0 unspecified atom stereocenters. The number of nitrogens with zero attached hydrogens (tertiary/aromatic N) is 2. The zero-order chi connectivity index (χ0) is 23.1. The fourth-order valence-electron chi connectivity index (χ4n) is 3.26. The third kappa shape index (κ3) is 5.82. The van der Waals surface area contributed by atoms with Gasteiger partial charge in [0.25, 0.3) is 5.91 Å². The highest BCUT2D eigenvalue weighted by molar-refractivity contribution is 6.22. The minimum Gasteiger partial charge on any atom is -0.404 e. The number of rotatable bonds is 9. The summed E-state index contributed by atoms with van der Waals surface area (Å²) in [5, 5.41) is 11.5. The van der Waals surface area contributed by atoms with Crippen molar-refractivity contribution in [3.63, 3.8) is 0 Å². The Morgan fingerprint density at radius 3 is 2.50 bits per heavy atom. The van der Waals surface area contributed by atoms with Gasteiger partial charge in [-0.3, -0.25) is 9.79 Å². The molecule has 7 heteroatoms. The maximum absolute atomic E-state index is 14.3. The van der Waals surface area contributed by atoms with Crippen LogP contribution in [-0.4, -0.2) is 11.6 Å². The van der Waals surface area contributed by atoms with E-state index >= 15 is 0 Å². The van der Waals surface area contributed by atoms with Gasteiger partial charge in [-0.1, -0.05) is 43.0 Å². The molecule has 32 heavy (non-hydrogen) atoms. The van der Waals surface area contributed by atoms with Crippen LogP contribution in [0, 0.1) is 23.1 Å². The molecule has 1 aliphatic rings. The number of hydrogen-bond donors (Lipinski definition) is 3. The second-order valence-corrected chi connectivity index (χ2v) is 7.72. The Balaban J connectivity index is 1.69. The molecule has 1 saturated carbocycles. The Morgan fingerprint density at radius 2 is 1.94 bits per heavy atom. The summed E-state index contributed by atoms with van der Waals surface area (Å²) < 4.78 is 14.3. The Labute approximate surface area is 187 Å². The van der Waals surface area contributed by atoms with Crippen molar-refractivity contribution in [3.05, 3.63) is 88.9 Å². The van der Waals surface area contributed by atoms with Crippen LogP contribution in [0.2, 0.25) is 0 Å². The normalized spacial score (nSPS) is 14.0. The number of nitrogens with one attached hydrogen (secondary N) is 1. The van der Waals surface area contributed by atoms with E-state index in [2.05, 4.69) is 23.0 Å². The molecule has 0 bridgehead atoms. The van der Waals surface area contributed by atoms with Gasteiger partial charge in [-0.25, -0.2) is 4.39 Å². The summed E-state index contributed by atoms with van der Waals surface area (Å²) in [6, 6.07) is 14.3. The summed E-state index contributed by atoms with van der Waals surface area (Å²) in [6.07, 6.45) is 3.52. The van der Waals surface area contributed by atoms with E-state index < -0.39 is 11.7 Å². The Bertz CT molecular complexity index is 1110. The van der Waals surface area contributed by atoms with Crippen molar-refractivity contribution in [1.82, 2.24) is 5.32 Å². The number of aliphatic imine (C=N–C) groups is 1. The summed E-state index contributed by atoms with van der Waals surface area (Å²) in [5.74, 6) is -0.669. The lowest BCUT2D eigenvalue weighted by Crippen LogP contribution is -2.30. The molecular weight excluding hydrogens is 405 g/mol. The van der Waals surface area contributed by atoms with Gasteiger partial charge in [0.1, 0.15) is 5.82 Å². The van der Waals surface area contributed by atoms with Crippen molar-refractivity contribution >= 4 is 17.3 Å². The van der Waals surface area contributed by atoms with Crippen LogP contribution in [0.4, 0.5) is 4.39 Å². The second-order valence-electron chi connectivity index (χ2n) is 7.72. The number of carbonyl (C=O) groups excluding carboxylic acids is 1. The van der Waals surface area contributed by atoms with Crippen LogP contribution in [-0.2, 0) is 24.3 Å². The molecule has 0 aliphatic heterocycles. The molecule has 0 saturated heterocycles. The number of halogens is 1. The highest BCUT2D eigenvalue weighted by Gasteiger charge is 2.32. The second kappa shape index (κ2) is 10.4. The van der Waals surface area contributed by atoms with Crippen molar-refractivity contribution in [1.29, 1.82) is 5.26 Å². The predicted molar refractivity (Wildman–Crippen MR) is 123 cm³/mol. The minimum atomic E-state index is -0.469. The predicted octanol–water partition coefficient (Wildman–Crippen LogP) is 3.33. The maximum Gasteiger partial charge on any atom is 0.254 e. The molecule has 164 valence electrons. The van der Waals surface area contributed by atoms with E-state index in [0.29, 0.717) is 35.4 Å². The molecule has 1 aliphatic carbocycles. The summed E-state index contributed by atoms with van der Waals surface area (Å²) >= 11 is 0. The quantitative estimate of drug-likeness (QED) is 0.417. The SMILES string of the molecule is C=C(N)c1ccc(CNC(=O)/C(=C/N)C(=NCc2ccc(CC#N)cc2)C2CC2)c(F)c1. The van der Waals surface area contributed by atoms with Crippen LogP contribution in [0.5, 0.6) is 0 Å². The third-order valence-electron chi connectivity index (χ3n) is 5.25. The zero-order valence-electron chi connectivity index (χ0n) is 17.8. The van der Waals surface area contributed by atoms with Gasteiger partial charge in [0.15, 0.2) is 0 Å². The van der Waals surface area contributed by atoms with Crippen LogP contribution in [0.15, 0.2) is 65.8 Å². The van der Waals surface area contributed by atoms with E-state index in [1.807, 2.05) is 24.3 Å². The average molecular weight is 432 g/mol. The third-order valence-corrected chi connectivity index (χ3v) is 5.25. The molecule has 2 aromatic rings. The summed E-state index contributed by atoms with van der Waals surface area (Å²) in [6.45, 7) is 4.01. The molecular formula is C25H26FN5O. The molecule has 1 fully saturated rings. The molecule has 5 N–H and O–H groups in total. The molecule has 0 spiro atoms. The van der Waals surface area contributed by atoms with Gasteiger partial charge in [0.2, 0.25) is 0 Å². The lowest BCUT2D eigenvalue weighted by Gasteiger charge is -2.12. The zero-order valence-corrected chi connectivity index (χ0v) is 17.8. The van der Waals surface area contributed by atoms with Crippen molar-refractivity contribution in [2.75, 3.05) is 0 Å². The first-order chi connectivity index (χ1) is 15.4. The Hall–Kier alpha value is -3.92. The van der Waals surface area contributed by atoms with Crippen molar-refractivity contribution in [3.8, 4) is 6.07 Å². The highest BCUT2D eigenvalue weighted by atomic mass is 19.1. The first kappa shape index (κ1) is 22.8. The van der Waals surface area contributed by atoms with Crippen molar-refractivity contribution in [2.24, 2.45) is 22.4 Å². The molecule has 0 atom stereocenters. The van der Waals surface area contributed by atoms with E-state index in [4.69, 9.17) is 16.7 Å². The molecule has 6 nitrogen and oxygen atoms in total. The summed E-state index contributed by atoms with van der Waals surface area (Å²) in [4.78, 5) is 17.5. The van der Waals surface area contributed by atoms with Gasteiger partial charge in [-0.2, -0.15) is 5.26 Å². The van der Waals surface area contributed by atoms with Gasteiger partial charge < -0.3 is 16.8 Å². The molecule has 3 rings (SSSR count). The van der Waals surface area contributed by atoms with Gasteiger partial charge in [0.05, 0.1) is 30.3 Å². The lowest BCUT2D eigenvalue weighted by molar-refractivity contribution is -0.117. The number of carbonyl (C=O) groups is 1. The summed E-state index contributed by atoms with van der Waals surface area (Å²) in [7, 11) is 0. The summed E-state index contributed by atoms with van der Waals surface area (Å²) in [5.41, 5.74) is 15.4. The lowest BCUT2D eigenvalue weighted by atomic mass is 10.1. The van der Waals surface area contributed by atoms with Crippen LogP contribution >= 0.6 is 0 Å². The smallest absolute Gasteiger partial charge is 0.254 e. The number of hydrogen-bond acceptors (Lipinski definition) is 5.